The van der Waals surface area contributed by atoms with Crippen LogP contribution in [0.15, 0.2) is 42.6 Å². The maximum atomic E-state index is 5.94. The van der Waals surface area contributed by atoms with Crippen LogP contribution in [0.2, 0.25) is 0 Å². The number of hydrogen-bond acceptors (Lipinski definition) is 7. The van der Waals surface area contributed by atoms with E-state index in [0.29, 0.717) is 12.5 Å². The van der Waals surface area contributed by atoms with Gasteiger partial charge in [-0.05, 0) is 50.0 Å². The Balaban J connectivity index is 1.37. The predicted octanol–water partition coefficient (Wildman–Crippen LogP) is 3.18. The number of para-hydroxylation sites is 1. The Morgan fingerprint density at radius 3 is 2.94 bits per heavy atom. The highest BCUT2D eigenvalue weighted by atomic mass is 16.5. The van der Waals surface area contributed by atoms with E-state index >= 15 is 0 Å². The van der Waals surface area contributed by atoms with Crippen molar-refractivity contribution in [1.29, 1.82) is 0 Å². The van der Waals surface area contributed by atoms with Gasteiger partial charge in [0.15, 0.2) is 11.6 Å². The lowest BCUT2D eigenvalue weighted by Gasteiger charge is -2.27. The van der Waals surface area contributed by atoms with Crippen LogP contribution < -0.4 is 20.3 Å². The average molecular weight is 430 g/mol. The Labute approximate surface area is 186 Å². The summed E-state index contributed by atoms with van der Waals surface area (Å²) in [5, 5.41) is 17.1. The molecule has 2 N–H and O–H groups in total. The number of nitrogens with zero attached hydrogens (tertiary/aromatic N) is 5. The maximum absolute atomic E-state index is 5.94. The molecule has 0 unspecified atom stereocenters. The van der Waals surface area contributed by atoms with Crippen molar-refractivity contribution in [1.82, 2.24) is 24.9 Å². The molecule has 5 heterocycles. The van der Waals surface area contributed by atoms with Crippen molar-refractivity contribution in [3.63, 3.8) is 0 Å². The summed E-state index contributed by atoms with van der Waals surface area (Å²) in [6.07, 6.45) is 4.43. The van der Waals surface area contributed by atoms with Gasteiger partial charge >= 0.3 is 0 Å². The van der Waals surface area contributed by atoms with Crippen molar-refractivity contribution >= 4 is 27.9 Å². The average Bonchev–Trinajstić information content (AvgIpc) is 3.28. The summed E-state index contributed by atoms with van der Waals surface area (Å²) in [6, 6.07) is 12.5. The normalized spacial score (nSPS) is 16.8. The van der Waals surface area contributed by atoms with Crippen LogP contribution in [-0.2, 0) is 0 Å². The van der Waals surface area contributed by atoms with E-state index in [-0.39, 0.29) is 0 Å². The van der Waals surface area contributed by atoms with Crippen LogP contribution in [0.3, 0.4) is 0 Å². The second-order valence-corrected chi connectivity index (χ2v) is 8.67. The van der Waals surface area contributed by atoms with Crippen LogP contribution in [0.25, 0.3) is 28.1 Å². The summed E-state index contributed by atoms with van der Waals surface area (Å²) >= 11 is 0. The monoisotopic (exact) mass is 429 g/mol. The summed E-state index contributed by atoms with van der Waals surface area (Å²) in [6.45, 7) is 4.69. The van der Waals surface area contributed by atoms with E-state index in [1.165, 1.54) is 12.8 Å². The van der Waals surface area contributed by atoms with E-state index in [4.69, 9.17) is 9.72 Å². The van der Waals surface area contributed by atoms with Crippen molar-refractivity contribution in [3.05, 3.63) is 42.6 Å². The lowest BCUT2D eigenvalue weighted by Crippen LogP contribution is -2.31. The van der Waals surface area contributed by atoms with E-state index in [1.807, 2.05) is 16.7 Å². The zero-order chi connectivity index (χ0) is 21.5. The molecule has 8 nitrogen and oxygen atoms in total. The van der Waals surface area contributed by atoms with E-state index in [2.05, 4.69) is 63.1 Å². The number of piperidine rings is 1. The van der Waals surface area contributed by atoms with Gasteiger partial charge in [-0.15, -0.1) is 10.2 Å². The molecule has 0 aliphatic carbocycles. The molecule has 2 aliphatic heterocycles. The first-order valence-corrected chi connectivity index (χ1v) is 11.3. The number of fused-ring (bicyclic) bond motifs is 4. The van der Waals surface area contributed by atoms with E-state index in [0.717, 1.165) is 71.4 Å². The van der Waals surface area contributed by atoms with Crippen molar-refractivity contribution in [2.75, 3.05) is 50.1 Å². The molecule has 0 amide bonds. The molecule has 1 fully saturated rings. The number of pyridine rings is 2. The fourth-order valence-corrected chi connectivity index (χ4v) is 4.70. The van der Waals surface area contributed by atoms with Crippen LogP contribution in [0.1, 0.15) is 12.8 Å². The molecule has 1 aromatic carbocycles. The molecular weight excluding hydrogens is 402 g/mol. The van der Waals surface area contributed by atoms with Crippen LogP contribution >= 0.6 is 0 Å². The Morgan fingerprint density at radius 1 is 1.12 bits per heavy atom. The van der Waals surface area contributed by atoms with Crippen LogP contribution in [0, 0.1) is 5.92 Å². The number of ether oxygens (including phenoxy) is 1. The van der Waals surface area contributed by atoms with E-state index < -0.39 is 0 Å². The van der Waals surface area contributed by atoms with E-state index in [1.54, 1.807) is 0 Å². The van der Waals surface area contributed by atoms with Gasteiger partial charge in [0, 0.05) is 25.2 Å². The van der Waals surface area contributed by atoms with Gasteiger partial charge in [0.2, 0.25) is 5.65 Å². The van der Waals surface area contributed by atoms with Gasteiger partial charge in [-0.2, -0.15) is 0 Å². The largest absolute Gasteiger partial charge is 0.486 e. The van der Waals surface area contributed by atoms with Gasteiger partial charge in [-0.3, -0.25) is 4.40 Å². The molecule has 32 heavy (non-hydrogen) atoms. The summed E-state index contributed by atoms with van der Waals surface area (Å²) in [7, 11) is 2.07. The molecular formula is C24H27N7O. The second kappa shape index (κ2) is 7.94. The molecule has 8 heteroatoms. The quantitative estimate of drug-likeness (QED) is 0.516. The Kier molecular flexibility index (Phi) is 4.79. The fraction of sp³-hybridized carbons (Fsp3) is 0.375. The highest BCUT2D eigenvalue weighted by molar-refractivity contribution is 5.91. The van der Waals surface area contributed by atoms with Crippen molar-refractivity contribution in [3.8, 4) is 17.3 Å². The second-order valence-electron chi connectivity index (χ2n) is 8.67. The smallest absolute Gasteiger partial charge is 0.205 e. The fourth-order valence-electron chi connectivity index (χ4n) is 4.70. The van der Waals surface area contributed by atoms with Gasteiger partial charge < -0.3 is 20.3 Å². The third-order valence-corrected chi connectivity index (χ3v) is 6.59. The molecule has 0 saturated carbocycles. The number of anilines is 2. The number of benzene rings is 1. The van der Waals surface area contributed by atoms with Gasteiger partial charge in [0.1, 0.15) is 12.3 Å². The number of aromatic nitrogens is 4. The van der Waals surface area contributed by atoms with Crippen molar-refractivity contribution in [2.45, 2.75) is 12.8 Å². The van der Waals surface area contributed by atoms with Crippen molar-refractivity contribution in [2.24, 2.45) is 5.92 Å². The Morgan fingerprint density at radius 2 is 2.03 bits per heavy atom. The SMILES string of the molecule is CN1CCOc2c1ccn1c(-c3ccc4cccc(NCC5CCNCC5)c4n3)nnc21. The molecule has 0 spiro atoms. The minimum Gasteiger partial charge on any atom is -0.486 e. The standard InChI is InChI=1S/C24H27N7O/c1-30-13-14-32-22-20(30)9-12-31-23(28-29-24(22)31)19-6-5-17-3-2-4-18(21(17)27-19)26-15-16-7-10-25-11-8-16/h2-6,9,12,16,25-26H,7-8,10-11,13-15H2,1H3. The van der Waals surface area contributed by atoms with E-state index in [9.17, 15) is 0 Å². The Bertz CT molecular complexity index is 1280. The molecule has 6 rings (SSSR count). The topological polar surface area (TPSA) is 79.6 Å². The lowest BCUT2D eigenvalue weighted by molar-refractivity contribution is 0.313. The van der Waals surface area contributed by atoms with Crippen LogP contribution in [-0.4, -0.2) is 59.4 Å². The summed E-state index contributed by atoms with van der Waals surface area (Å²) < 4.78 is 7.90. The first-order valence-electron chi connectivity index (χ1n) is 11.3. The highest BCUT2D eigenvalue weighted by Crippen LogP contribution is 2.35. The summed E-state index contributed by atoms with van der Waals surface area (Å²) in [4.78, 5) is 7.19. The first-order chi connectivity index (χ1) is 15.8. The number of nitrogens with one attached hydrogen (secondary N) is 2. The first kappa shape index (κ1) is 19.3. The van der Waals surface area contributed by atoms with Crippen LogP contribution in [0.5, 0.6) is 5.75 Å². The van der Waals surface area contributed by atoms with Gasteiger partial charge in [-0.25, -0.2) is 4.98 Å². The maximum Gasteiger partial charge on any atom is 0.205 e. The lowest BCUT2D eigenvalue weighted by atomic mass is 9.98. The number of hydrogen-bond donors (Lipinski definition) is 2. The molecule has 2 aliphatic rings. The molecule has 0 bridgehead atoms. The zero-order valence-electron chi connectivity index (χ0n) is 18.2. The molecule has 4 aromatic rings. The molecule has 0 radical (unpaired) electrons. The summed E-state index contributed by atoms with van der Waals surface area (Å²) in [5.74, 6) is 2.19. The molecule has 1 saturated heterocycles. The third kappa shape index (κ3) is 3.31. The number of rotatable bonds is 4. The molecule has 164 valence electrons. The zero-order valence-corrected chi connectivity index (χ0v) is 18.2. The molecule has 0 atom stereocenters. The van der Waals surface area contributed by atoms with Crippen LogP contribution in [0.4, 0.5) is 11.4 Å². The summed E-state index contributed by atoms with van der Waals surface area (Å²) in [5.41, 5.74) is 4.59. The minimum atomic E-state index is 0.645. The Hall–Kier alpha value is -3.39. The van der Waals surface area contributed by atoms with Gasteiger partial charge in [-0.1, -0.05) is 18.2 Å². The van der Waals surface area contributed by atoms with Gasteiger partial charge in [0.25, 0.3) is 0 Å². The van der Waals surface area contributed by atoms with Crippen molar-refractivity contribution < 1.29 is 4.74 Å². The predicted molar refractivity (Wildman–Crippen MR) is 127 cm³/mol. The number of likely N-dealkylation sites (N-methyl/N-ethyl adjacent to an activating group) is 1. The minimum absolute atomic E-state index is 0.645. The third-order valence-electron chi connectivity index (χ3n) is 6.59. The highest BCUT2D eigenvalue weighted by Gasteiger charge is 2.22. The molecule has 3 aromatic heterocycles. The van der Waals surface area contributed by atoms with Gasteiger partial charge in [0.05, 0.1) is 23.4 Å².